The summed E-state index contributed by atoms with van der Waals surface area (Å²) in [7, 11) is 0. The Bertz CT molecular complexity index is 877. The van der Waals surface area contributed by atoms with Crippen molar-refractivity contribution in [1.82, 2.24) is 20.5 Å². The zero-order chi connectivity index (χ0) is 18.2. The molecule has 2 heterocycles. The molecule has 3 aromatic rings. The highest BCUT2D eigenvalue weighted by Gasteiger charge is 2.22. The van der Waals surface area contributed by atoms with Gasteiger partial charge in [-0.15, -0.1) is 0 Å². The van der Waals surface area contributed by atoms with Crippen molar-refractivity contribution in [2.45, 2.75) is 6.04 Å². The predicted molar refractivity (Wildman–Crippen MR) is 97.8 cm³/mol. The molecule has 0 saturated heterocycles. The number of hydrogen-bond acceptors (Lipinski definition) is 4. The number of nitrogens with one attached hydrogen (secondary N) is 3. The van der Waals surface area contributed by atoms with E-state index < -0.39 is 11.9 Å². The minimum Gasteiger partial charge on any atom is -0.337 e. The largest absolute Gasteiger partial charge is 0.337 e. The molecule has 26 heavy (non-hydrogen) atoms. The van der Waals surface area contributed by atoms with Gasteiger partial charge in [0.15, 0.2) is 0 Å². The van der Waals surface area contributed by atoms with Gasteiger partial charge in [-0.05, 0) is 23.8 Å². The molecular formula is C19H17N5O2. The molecule has 3 N–H and O–H groups in total. The Hall–Kier alpha value is -3.74. The number of pyridine rings is 1. The fraction of sp³-hybridized carbons (Fsp3) is 0.0526. The molecule has 0 saturated carbocycles. The summed E-state index contributed by atoms with van der Waals surface area (Å²) in [5.41, 5.74) is 1.32. The molecule has 7 heteroatoms. The summed E-state index contributed by atoms with van der Waals surface area (Å²) < 4.78 is 0. The van der Waals surface area contributed by atoms with Crippen LogP contribution in [0.1, 0.15) is 17.3 Å². The SMILES string of the molecule is O=C(/C=C/c1ccccn1)NC(C(=O)Nc1ccn[nH]1)c1ccccc1. The first-order valence-corrected chi connectivity index (χ1v) is 7.97. The summed E-state index contributed by atoms with van der Waals surface area (Å²) in [5, 5.41) is 11.9. The van der Waals surface area contributed by atoms with E-state index in [-0.39, 0.29) is 5.91 Å². The second-order valence-corrected chi connectivity index (χ2v) is 5.40. The first-order chi connectivity index (χ1) is 12.7. The topological polar surface area (TPSA) is 99.8 Å². The van der Waals surface area contributed by atoms with E-state index in [0.717, 1.165) is 0 Å². The van der Waals surface area contributed by atoms with Crippen LogP contribution in [0.2, 0.25) is 0 Å². The average molecular weight is 347 g/mol. The summed E-state index contributed by atoms with van der Waals surface area (Å²) in [4.78, 5) is 29.0. The van der Waals surface area contributed by atoms with E-state index in [1.54, 1.807) is 42.6 Å². The molecule has 130 valence electrons. The normalized spacial score (nSPS) is 11.8. The van der Waals surface area contributed by atoms with Crippen molar-refractivity contribution < 1.29 is 9.59 Å². The lowest BCUT2D eigenvalue weighted by Crippen LogP contribution is -2.36. The van der Waals surface area contributed by atoms with E-state index in [1.807, 2.05) is 24.3 Å². The molecule has 0 bridgehead atoms. The van der Waals surface area contributed by atoms with Crippen LogP contribution in [-0.4, -0.2) is 27.0 Å². The standard InChI is InChI=1S/C19H17N5O2/c25-17(10-9-15-8-4-5-12-20-15)23-18(14-6-2-1-3-7-14)19(26)22-16-11-13-21-24-16/h1-13,18H,(H,23,25)(H2,21,22,24,26)/b10-9+. The Balaban J connectivity index is 1.74. The minimum absolute atomic E-state index is 0.375. The maximum absolute atomic E-state index is 12.6. The highest BCUT2D eigenvalue weighted by atomic mass is 16.2. The molecule has 3 rings (SSSR count). The number of amides is 2. The Labute approximate surface area is 150 Å². The number of H-pyrrole nitrogens is 1. The number of carbonyl (C=O) groups excluding carboxylic acids is 2. The molecule has 1 atom stereocenters. The highest BCUT2D eigenvalue weighted by molar-refractivity contribution is 6.00. The van der Waals surface area contributed by atoms with Crippen molar-refractivity contribution in [3.05, 3.63) is 84.3 Å². The molecule has 2 amide bonds. The number of rotatable bonds is 6. The second kappa shape index (κ2) is 8.39. The molecule has 0 aliphatic carbocycles. The van der Waals surface area contributed by atoms with Crippen molar-refractivity contribution in [3.63, 3.8) is 0 Å². The molecule has 0 aliphatic heterocycles. The number of nitrogens with zero attached hydrogens (tertiary/aromatic N) is 2. The van der Waals surface area contributed by atoms with Gasteiger partial charge in [0.05, 0.1) is 11.9 Å². The quantitative estimate of drug-likeness (QED) is 0.596. The van der Waals surface area contributed by atoms with Crippen LogP contribution in [0.15, 0.2) is 73.1 Å². The molecule has 0 aliphatic rings. The predicted octanol–water partition coefficient (Wildman–Crippen LogP) is 2.31. The average Bonchev–Trinajstić information content (AvgIpc) is 3.19. The molecule has 7 nitrogen and oxygen atoms in total. The third kappa shape index (κ3) is 4.64. The van der Waals surface area contributed by atoms with Crippen LogP contribution in [-0.2, 0) is 9.59 Å². The Morgan fingerprint density at radius 1 is 1.00 bits per heavy atom. The van der Waals surface area contributed by atoms with Gasteiger partial charge in [0.25, 0.3) is 5.91 Å². The number of benzene rings is 1. The van der Waals surface area contributed by atoms with Crippen molar-refractivity contribution in [3.8, 4) is 0 Å². The summed E-state index contributed by atoms with van der Waals surface area (Å²) in [6.07, 6.45) is 6.11. The van der Waals surface area contributed by atoms with E-state index in [4.69, 9.17) is 0 Å². The summed E-state index contributed by atoms with van der Waals surface area (Å²) >= 11 is 0. The van der Waals surface area contributed by atoms with Gasteiger partial charge in [-0.1, -0.05) is 36.4 Å². The number of hydrogen-bond donors (Lipinski definition) is 3. The van der Waals surface area contributed by atoms with Crippen molar-refractivity contribution in [2.75, 3.05) is 5.32 Å². The number of anilines is 1. The Morgan fingerprint density at radius 2 is 1.81 bits per heavy atom. The van der Waals surface area contributed by atoms with E-state index in [9.17, 15) is 9.59 Å². The van der Waals surface area contributed by atoms with Crippen molar-refractivity contribution in [1.29, 1.82) is 0 Å². The first kappa shape index (κ1) is 17.1. The van der Waals surface area contributed by atoms with E-state index in [1.165, 1.54) is 12.3 Å². The van der Waals surface area contributed by atoms with Gasteiger partial charge in [0, 0.05) is 18.3 Å². The zero-order valence-corrected chi connectivity index (χ0v) is 13.8. The lowest BCUT2D eigenvalue weighted by Gasteiger charge is -2.17. The lowest BCUT2D eigenvalue weighted by molar-refractivity contribution is -0.124. The van der Waals surface area contributed by atoms with Crippen molar-refractivity contribution >= 4 is 23.7 Å². The molecule has 0 radical (unpaired) electrons. The van der Waals surface area contributed by atoms with Crippen molar-refractivity contribution in [2.24, 2.45) is 0 Å². The van der Waals surface area contributed by atoms with Crippen LogP contribution >= 0.6 is 0 Å². The van der Waals surface area contributed by atoms with Gasteiger partial charge in [-0.2, -0.15) is 5.10 Å². The maximum Gasteiger partial charge on any atom is 0.252 e. The molecular weight excluding hydrogens is 330 g/mol. The summed E-state index contributed by atoms with van der Waals surface area (Å²) in [6.45, 7) is 0. The Kier molecular flexibility index (Phi) is 5.51. The fourth-order valence-electron chi connectivity index (χ4n) is 2.30. The molecule has 2 aromatic heterocycles. The van der Waals surface area contributed by atoms with Gasteiger partial charge in [-0.3, -0.25) is 19.7 Å². The van der Waals surface area contributed by atoms with Crippen LogP contribution in [0.5, 0.6) is 0 Å². The number of aromatic amines is 1. The van der Waals surface area contributed by atoms with E-state index >= 15 is 0 Å². The van der Waals surface area contributed by atoms with Gasteiger partial charge in [-0.25, -0.2) is 0 Å². The van der Waals surface area contributed by atoms with Crippen LogP contribution < -0.4 is 10.6 Å². The van der Waals surface area contributed by atoms with Gasteiger partial charge >= 0.3 is 0 Å². The monoisotopic (exact) mass is 347 g/mol. The fourth-order valence-corrected chi connectivity index (χ4v) is 2.30. The zero-order valence-electron chi connectivity index (χ0n) is 13.8. The molecule has 0 fully saturated rings. The Morgan fingerprint density at radius 3 is 2.50 bits per heavy atom. The maximum atomic E-state index is 12.6. The highest BCUT2D eigenvalue weighted by Crippen LogP contribution is 2.15. The molecule has 1 aromatic carbocycles. The second-order valence-electron chi connectivity index (χ2n) is 5.40. The molecule has 0 spiro atoms. The van der Waals surface area contributed by atoms with Crippen LogP contribution in [0, 0.1) is 0 Å². The third-order valence-corrected chi connectivity index (χ3v) is 3.53. The van der Waals surface area contributed by atoms with Crippen LogP contribution in [0.4, 0.5) is 5.82 Å². The van der Waals surface area contributed by atoms with Gasteiger partial charge in [0.2, 0.25) is 5.91 Å². The minimum atomic E-state index is -0.847. The van der Waals surface area contributed by atoms with Gasteiger partial charge < -0.3 is 10.6 Å². The van der Waals surface area contributed by atoms with Crippen LogP contribution in [0.3, 0.4) is 0 Å². The lowest BCUT2D eigenvalue weighted by atomic mass is 10.1. The molecule has 1 unspecified atom stereocenters. The van der Waals surface area contributed by atoms with Gasteiger partial charge in [0.1, 0.15) is 11.9 Å². The number of aromatic nitrogens is 3. The van der Waals surface area contributed by atoms with E-state index in [0.29, 0.717) is 17.1 Å². The summed E-state index contributed by atoms with van der Waals surface area (Å²) in [6, 6.07) is 15.2. The van der Waals surface area contributed by atoms with E-state index in [2.05, 4.69) is 25.8 Å². The first-order valence-electron chi connectivity index (χ1n) is 7.97. The smallest absolute Gasteiger partial charge is 0.252 e. The third-order valence-electron chi connectivity index (χ3n) is 3.53. The number of carbonyl (C=O) groups is 2. The summed E-state index contributed by atoms with van der Waals surface area (Å²) in [5.74, 6) is -0.321. The van der Waals surface area contributed by atoms with Crippen LogP contribution in [0.25, 0.3) is 6.08 Å².